The summed E-state index contributed by atoms with van der Waals surface area (Å²) in [7, 11) is 0. The van der Waals surface area contributed by atoms with Crippen LogP contribution in [-0.2, 0) is 0 Å². The zero-order valence-electron chi connectivity index (χ0n) is 8.40. The fourth-order valence-electron chi connectivity index (χ4n) is 2.12. The van der Waals surface area contributed by atoms with Gasteiger partial charge in [-0.05, 0) is 12.8 Å². The minimum Gasteiger partial charge on any atom is -0.477 e. The molecule has 5 heteroatoms. The van der Waals surface area contributed by atoms with E-state index in [1.165, 1.54) is 12.6 Å². The molecule has 1 aromatic heterocycles. The first-order valence-corrected chi connectivity index (χ1v) is 5.23. The molecule has 0 saturated heterocycles. The van der Waals surface area contributed by atoms with Crippen LogP contribution in [0.25, 0.3) is 0 Å². The van der Waals surface area contributed by atoms with Crippen LogP contribution < -0.4 is 5.56 Å². The van der Waals surface area contributed by atoms with Crippen molar-refractivity contribution in [2.75, 3.05) is 0 Å². The Morgan fingerprint density at radius 2 is 2.07 bits per heavy atom. The van der Waals surface area contributed by atoms with Crippen molar-refractivity contribution in [3.8, 4) is 0 Å². The number of nitrogens with one attached hydrogen (secondary N) is 1. The molecular weight excluding hydrogens is 196 g/mol. The molecule has 0 bridgehead atoms. The second-order valence-electron chi connectivity index (χ2n) is 3.99. The summed E-state index contributed by atoms with van der Waals surface area (Å²) < 4.78 is 1.66. The normalized spacial score (nSPS) is 17.9. The van der Waals surface area contributed by atoms with Gasteiger partial charge in [-0.2, -0.15) is 0 Å². The number of rotatable bonds is 2. The van der Waals surface area contributed by atoms with Gasteiger partial charge in [-0.25, -0.2) is 4.79 Å². The van der Waals surface area contributed by atoms with Crippen LogP contribution in [0.2, 0.25) is 0 Å². The van der Waals surface area contributed by atoms with Crippen molar-refractivity contribution in [1.82, 2.24) is 9.78 Å². The topological polar surface area (TPSA) is 75.1 Å². The lowest BCUT2D eigenvalue weighted by molar-refractivity contribution is 0.0695. The standard InChI is InChI=1S/C10H14N2O3/c13-9-8(10(14)15)6-12(11-9)7-4-2-1-3-5-7/h6-7H,1-5H2,(H,11,13)(H,14,15). The molecule has 0 unspecified atom stereocenters. The molecule has 0 amide bonds. The Morgan fingerprint density at radius 3 is 2.60 bits per heavy atom. The van der Waals surface area contributed by atoms with Crippen LogP contribution in [0.3, 0.4) is 0 Å². The fourth-order valence-corrected chi connectivity index (χ4v) is 2.12. The van der Waals surface area contributed by atoms with E-state index in [9.17, 15) is 9.59 Å². The maximum absolute atomic E-state index is 11.3. The number of carboxylic acid groups (broad SMARTS) is 1. The number of carbonyl (C=O) groups is 1. The van der Waals surface area contributed by atoms with E-state index in [-0.39, 0.29) is 11.6 Å². The van der Waals surface area contributed by atoms with Crippen molar-refractivity contribution >= 4 is 5.97 Å². The molecule has 0 atom stereocenters. The van der Waals surface area contributed by atoms with E-state index in [1.807, 2.05) is 0 Å². The van der Waals surface area contributed by atoms with E-state index in [4.69, 9.17) is 5.11 Å². The van der Waals surface area contributed by atoms with Gasteiger partial charge in [-0.3, -0.25) is 14.6 Å². The number of nitrogens with zero attached hydrogens (tertiary/aromatic N) is 1. The molecule has 15 heavy (non-hydrogen) atoms. The highest BCUT2D eigenvalue weighted by atomic mass is 16.4. The van der Waals surface area contributed by atoms with Gasteiger partial charge in [-0.15, -0.1) is 0 Å². The molecule has 0 spiro atoms. The first kappa shape index (κ1) is 10.0. The van der Waals surface area contributed by atoms with Gasteiger partial charge >= 0.3 is 5.97 Å². The summed E-state index contributed by atoms with van der Waals surface area (Å²) in [6.07, 6.45) is 6.97. The Hall–Kier alpha value is -1.52. The van der Waals surface area contributed by atoms with Crippen LogP contribution in [0.1, 0.15) is 48.5 Å². The van der Waals surface area contributed by atoms with Crippen molar-refractivity contribution in [2.45, 2.75) is 38.1 Å². The van der Waals surface area contributed by atoms with Crippen LogP contribution in [0.4, 0.5) is 0 Å². The third kappa shape index (κ3) is 1.95. The molecule has 5 nitrogen and oxygen atoms in total. The molecule has 0 aromatic carbocycles. The van der Waals surface area contributed by atoms with Crippen LogP contribution in [0.5, 0.6) is 0 Å². The van der Waals surface area contributed by atoms with E-state index in [1.54, 1.807) is 4.68 Å². The number of hydrogen-bond donors (Lipinski definition) is 2. The molecular formula is C10H14N2O3. The van der Waals surface area contributed by atoms with Crippen molar-refractivity contribution in [2.24, 2.45) is 0 Å². The fraction of sp³-hybridized carbons (Fsp3) is 0.600. The van der Waals surface area contributed by atoms with Crippen molar-refractivity contribution in [1.29, 1.82) is 0 Å². The van der Waals surface area contributed by atoms with Crippen LogP contribution in [-0.4, -0.2) is 20.9 Å². The SMILES string of the molecule is O=C(O)c1cn(C2CCCCC2)[nH]c1=O. The Morgan fingerprint density at radius 1 is 1.40 bits per heavy atom. The smallest absolute Gasteiger partial charge is 0.342 e. The number of hydrogen-bond acceptors (Lipinski definition) is 2. The molecule has 1 aliphatic carbocycles. The zero-order chi connectivity index (χ0) is 10.8. The first-order valence-electron chi connectivity index (χ1n) is 5.23. The molecule has 2 N–H and O–H groups in total. The van der Waals surface area contributed by atoms with Gasteiger partial charge in [0.25, 0.3) is 5.56 Å². The number of aromatic carboxylic acids is 1. The molecule has 2 rings (SSSR count). The minimum absolute atomic E-state index is 0.166. The average molecular weight is 210 g/mol. The number of H-pyrrole nitrogens is 1. The summed E-state index contributed by atoms with van der Waals surface area (Å²) in [6, 6.07) is 0.263. The van der Waals surface area contributed by atoms with Crippen LogP contribution in [0, 0.1) is 0 Å². The molecule has 1 heterocycles. The van der Waals surface area contributed by atoms with E-state index >= 15 is 0 Å². The summed E-state index contributed by atoms with van der Waals surface area (Å²) in [6.45, 7) is 0. The highest BCUT2D eigenvalue weighted by molar-refractivity contribution is 5.86. The van der Waals surface area contributed by atoms with Gasteiger partial charge in [-0.1, -0.05) is 19.3 Å². The third-order valence-electron chi connectivity index (χ3n) is 2.94. The summed E-state index contributed by atoms with van der Waals surface area (Å²) in [5, 5.41) is 11.3. The van der Waals surface area contributed by atoms with Crippen LogP contribution >= 0.6 is 0 Å². The van der Waals surface area contributed by atoms with Crippen LogP contribution in [0.15, 0.2) is 11.0 Å². The Kier molecular flexibility index (Phi) is 2.62. The number of carboxylic acids is 1. The van der Waals surface area contributed by atoms with Gasteiger partial charge in [0.15, 0.2) is 0 Å². The second kappa shape index (κ2) is 3.92. The molecule has 0 radical (unpaired) electrons. The average Bonchev–Trinajstić information content (AvgIpc) is 2.62. The summed E-state index contributed by atoms with van der Waals surface area (Å²) in [4.78, 5) is 22.0. The minimum atomic E-state index is -1.16. The number of aromatic amines is 1. The predicted molar refractivity (Wildman–Crippen MR) is 54.1 cm³/mol. The van der Waals surface area contributed by atoms with E-state index in [0.717, 1.165) is 25.7 Å². The largest absolute Gasteiger partial charge is 0.477 e. The molecule has 0 aliphatic heterocycles. The van der Waals surface area contributed by atoms with Gasteiger partial charge < -0.3 is 5.11 Å². The molecule has 1 aromatic rings. The van der Waals surface area contributed by atoms with Gasteiger partial charge in [0.05, 0.1) is 0 Å². The van der Waals surface area contributed by atoms with Gasteiger partial charge in [0.1, 0.15) is 5.56 Å². The highest BCUT2D eigenvalue weighted by Crippen LogP contribution is 2.26. The zero-order valence-corrected chi connectivity index (χ0v) is 8.40. The first-order chi connectivity index (χ1) is 7.18. The molecule has 1 fully saturated rings. The predicted octanol–water partition coefficient (Wildman–Crippen LogP) is 1.38. The van der Waals surface area contributed by atoms with Gasteiger partial charge in [0, 0.05) is 12.2 Å². The van der Waals surface area contributed by atoms with Crippen molar-refractivity contribution < 1.29 is 9.90 Å². The summed E-state index contributed by atoms with van der Waals surface area (Å²) in [5.41, 5.74) is -0.673. The third-order valence-corrected chi connectivity index (χ3v) is 2.94. The monoisotopic (exact) mass is 210 g/mol. The molecule has 82 valence electrons. The molecule has 1 aliphatic rings. The maximum Gasteiger partial charge on any atom is 0.342 e. The summed E-state index contributed by atoms with van der Waals surface area (Å²) in [5.74, 6) is -1.16. The van der Waals surface area contributed by atoms with E-state index in [0.29, 0.717) is 0 Å². The maximum atomic E-state index is 11.3. The van der Waals surface area contributed by atoms with Crippen molar-refractivity contribution in [3.05, 3.63) is 22.1 Å². The highest BCUT2D eigenvalue weighted by Gasteiger charge is 2.18. The second-order valence-corrected chi connectivity index (χ2v) is 3.99. The lowest BCUT2D eigenvalue weighted by Gasteiger charge is -2.22. The quantitative estimate of drug-likeness (QED) is 0.774. The number of aromatic nitrogens is 2. The Balaban J connectivity index is 2.25. The van der Waals surface area contributed by atoms with Crippen molar-refractivity contribution in [3.63, 3.8) is 0 Å². The van der Waals surface area contributed by atoms with E-state index in [2.05, 4.69) is 5.10 Å². The Bertz CT molecular complexity index is 413. The summed E-state index contributed by atoms with van der Waals surface area (Å²) >= 11 is 0. The van der Waals surface area contributed by atoms with E-state index < -0.39 is 11.5 Å². The lowest BCUT2D eigenvalue weighted by Crippen LogP contribution is -2.16. The van der Waals surface area contributed by atoms with Gasteiger partial charge in [0.2, 0.25) is 0 Å². The lowest BCUT2D eigenvalue weighted by atomic mass is 9.96. The Labute approximate surface area is 86.7 Å². The molecule has 1 saturated carbocycles.